The van der Waals surface area contributed by atoms with Crippen LogP contribution in [0.4, 0.5) is 11.6 Å². The summed E-state index contributed by atoms with van der Waals surface area (Å²) in [6.45, 7) is 8.27. The molecule has 0 fully saturated rings. The van der Waals surface area contributed by atoms with Crippen molar-refractivity contribution in [2.45, 2.75) is 46.5 Å². The normalized spacial score (nSPS) is 10.6. The second-order valence-electron chi connectivity index (χ2n) is 4.87. The van der Waals surface area contributed by atoms with Crippen LogP contribution in [0.2, 0.25) is 0 Å². The van der Waals surface area contributed by atoms with Gasteiger partial charge in [0, 0.05) is 25.1 Å². The molecule has 2 N–H and O–H groups in total. The van der Waals surface area contributed by atoms with E-state index < -0.39 is 0 Å². The fraction of sp³-hybridized carbons (Fsp3) is 0.733. The van der Waals surface area contributed by atoms with Crippen molar-refractivity contribution in [2.24, 2.45) is 0 Å². The van der Waals surface area contributed by atoms with Gasteiger partial charge in [0.1, 0.15) is 17.5 Å². The summed E-state index contributed by atoms with van der Waals surface area (Å²) in [5.41, 5.74) is 1.13. The van der Waals surface area contributed by atoms with Crippen molar-refractivity contribution < 1.29 is 0 Å². The Hall–Kier alpha value is -0.970. The Morgan fingerprint density at radius 2 is 1.65 bits per heavy atom. The van der Waals surface area contributed by atoms with Crippen molar-refractivity contribution in [2.75, 3.05) is 35.7 Å². The highest BCUT2D eigenvalue weighted by Crippen LogP contribution is 2.20. The van der Waals surface area contributed by atoms with Crippen LogP contribution in [0.1, 0.15) is 44.5 Å². The van der Waals surface area contributed by atoms with Gasteiger partial charge in [-0.15, -0.1) is 0 Å². The van der Waals surface area contributed by atoms with Gasteiger partial charge >= 0.3 is 0 Å². The van der Waals surface area contributed by atoms with Gasteiger partial charge in [0.2, 0.25) is 0 Å². The third-order valence-electron chi connectivity index (χ3n) is 3.12. The minimum absolute atomic E-state index is 0.863. The molecule has 0 saturated heterocycles. The summed E-state index contributed by atoms with van der Waals surface area (Å²) >= 11 is 1.91. The maximum absolute atomic E-state index is 4.61. The van der Waals surface area contributed by atoms with E-state index in [1.165, 1.54) is 18.6 Å². The molecule has 0 aromatic carbocycles. The van der Waals surface area contributed by atoms with Crippen LogP contribution in [0.5, 0.6) is 0 Å². The summed E-state index contributed by atoms with van der Waals surface area (Å²) in [7, 11) is 0. The second kappa shape index (κ2) is 9.86. The van der Waals surface area contributed by atoms with E-state index in [1.54, 1.807) is 0 Å². The first kappa shape index (κ1) is 17.1. The van der Waals surface area contributed by atoms with Crippen LogP contribution in [0.25, 0.3) is 0 Å². The fourth-order valence-electron chi connectivity index (χ4n) is 1.89. The lowest BCUT2D eigenvalue weighted by Gasteiger charge is -2.14. The third kappa shape index (κ3) is 5.57. The van der Waals surface area contributed by atoms with Crippen molar-refractivity contribution in [3.05, 3.63) is 11.4 Å². The molecule has 0 aliphatic rings. The summed E-state index contributed by atoms with van der Waals surface area (Å²) in [6, 6.07) is 0. The highest BCUT2D eigenvalue weighted by molar-refractivity contribution is 7.98. The van der Waals surface area contributed by atoms with Crippen LogP contribution in [0.3, 0.4) is 0 Å². The van der Waals surface area contributed by atoms with Gasteiger partial charge in [0.05, 0.1) is 0 Å². The largest absolute Gasteiger partial charge is 0.370 e. The van der Waals surface area contributed by atoms with Crippen LogP contribution >= 0.6 is 11.8 Å². The molecule has 114 valence electrons. The molecule has 0 saturated carbocycles. The molecule has 1 heterocycles. The first-order chi connectivity index (χ1) is 9.72. The minimum atomic E-state index is 0.863. The molecule has 0 aliphatic carbocycles. The van der Waals surface area contributed by atoms with E-state index in [9.17, 15) is 0 Å². The maximum atomic E-state index is 4.61. The van der Waals surface area contributed by atoms with E-state index in [0.29, 0.717) is 0 Å². The number of aromatic nitrogens is 2. The van der Waals surface area contributed by atoms with Gasteiger partial charge in [0.25, 0.3) is 0 Å². The van der Waals surface area contributed by atoms with Gasteiger partial charge in [0.15, 0.2) is 0 Å². The van der Waals surface area contributed by atoms with Gasteiger partial charge in [-0.25, -0.2) is 9.97 Å². The van der Waals surface area contributed by atoms with Gasteiger partial charge < -0.3 is 10.6 Å². The van der Waals surface area contributed by atoms with Gasteiger partial charge in [-0.05, 0) is 38.2 Å². The molecule has 0 atom stereocenters. The van der Waals surface area contributed by atoms with Crippen LogP contribution in [0, 0.1) is 6.92 Å². The molecule has 0 aliphatic heterocycles. The lowest BCUT2D eigenvalue weighted by atomic mass is 10.2. The fourth-order valence-corrected chi connectivity index (χ4v) is 2.38. The SMILES string of the molecule is CCCNc1nc(CC)nc(NCCCCSC)c1C. The van der Waals surface area contributed by atoms with Crippen LogP contribution in [-0.4, -0.2) is 35.1 Å². The van der Waals surface area contributed by atoms with Crippen LogP contribution in [-0.2, 0) is 6.42 Å². The molecular weight excluding hydrogens is 268 g/mol. The summed E-state index contributed by atoms with van der Waals surface area (Å²) in [5, 5.41) is 6.86. The van der Waals surface area contributed by atoms with E-state index in [1.807, 2.05) is 11.8 Å². The van der Waals surface area contributed by atoms with Crippen molar-refractivity contribution in [1.82, 2.24) is 9.97 Å². The quantitative estimate of drug-likeness (QED) is 0.644. The van der Waals surface area contributed by atoms with Gasteiger partial charge in [-0.3, -0.25) is 0 Å². The zero-order valence-electron chi connectivity index (χ0n) is 13.3. The molecule has 0 bridgehead atoms. The van der Waals surface area contributed by atoms with Crippen molar-refractivity contribution >= 4 is 23.4 Å². The highest BCUT2D eigenvalue weighted by Gasteiger charge is 2.09. The Morgan fingerprint density at radius 1 is 1.00 bits per heavy atom. The number of nitrogens with one attached hydrogen (secondary N) is 2. The zero-order chi connectivity index (χ0) is 14.8. The Bertz CT molecular complexity index is 396. The molecule has 0 amide bonds. The first-order valence-electron chi connectivity index (χ1n) is 7.57. The zero-order valence-corrected chi connectivity index (χ0v) is 14.1. The standard InChI is InChI=1S/C15H28N4S/c1-5-9-16-14-12(3)15(19-13(6-2)18-14)17-10-7-8-11-20-4/h5-11H2,1-4H3,(H2,16,17,18,19). The Balaban J connectivity index is 2.67. The monoisotopic (exact) mass is 296 g/mol. The molecule has 4 nitrogen and oxygen atoms in total. The predicted molar refractivity (Wildman–Crippen MR) is 91.0 cm³/mol. The lowest BCUT2D eigenvalue weighted by molar-refractivity contribution is 0.831. The Kier molecular flexibility index (Phi) is 8.42. The first-order valence-corrected chi connectivity index (χ1v) is 8.96. The molecule has 1 aromatic rings. The number of thioether (sulfide) groups is 1. The summed E-state index contributed by atoms with van der Waals surface area (Å²) in [4.78, 5) is 9.19. The van der Waals surface area contributed by atoms with E-state index in [4.69, 9.17) is 0 Å². The number of anilines is 2. The molecule has 0 unspecified atom stereocenters. The molecular formula is C15H28N4S. The number of aryl methyl sites for hydroxylation is 1. The summed E-state index contributed by atoms with van der Waals surface area (Å²) in [5.74, 6) is 4.10. The molecule has 0 spiro atoms. The number of hydrogen-bond donors (Lipinski definition) is 2. The Labute approximate surface area is 127 Å². The van der Waals surface area contributed by atoms with E-state index in [-0.39, 0.29) is 0 Å². The second-order valence-corrected chi connectivity index (χ2v) is 5.85. The topological polar surface area (TPSA) is 49.8 Å². The highest BCUT2D eigenvalue weighted by atomic mass is 32.2. The van der Waals surface area contributed by atoms with E-state index in [0.717, 1.165) is 49.0 Å². The van der Waals surface area contributed by atoms with Crippen molar-refractivity contribution in [3.63, 3.8) is 0 Å². The average Bonchev–Trinajstić information content (AvgIpc) is 2.47. The molecule has 20 heavy (non-hydrogen) atoms. The number of nitrogens with zero attached hydrogens (tertiary/aromatic N) is 2. The average molecular weight is 296 g/mol. The van der Waals surface area contributed by atoms with Crippen LogP contribution in [0.15, 0.2) is 0 Å². The summed E-state index contributed by atoms with van der Waals surface area (Å²) in [6.07, 6.45) is 6.55. The third-order valence-corrected chi connectivity index (χ3v) is 3.82. The number of rotatable bonds is 10. The van der Waals surface area contributed by atoms with E-state index >= 15 is 0 Å². The molecule has 0 radical (unpaired) electrons. The smallest absolute Gasteiger partial charge is 0.134 e. The minimum Gasteiger partial charge on any atom is -0.370 e. The van der Waals surface area contributed by atoms with Crippen molar-refractivity contribution in [3.8, 4) is 0 Å². The number of unbranched alkanes of at least 4 members (excludes halogenated alkanes) is 1. The summed E-state index contributed by atoms with van der Waals surface area (Å²) < 4.78 is 0. The lowest BCUT2D eigenvalue weighted by Crippen LogP contribution is -2.12. The predicted octanol–water partition coefficient (Wildman–Crippen LogP) is 3.72. The van der Waals surface area contributed by atoms with Gasteiger partial charge in [-0.1, -0.05) is 13.8 Å². The molecule has 5 heteroatoms. The Morgan fingerprint density at radius 3 is 2.20 bits per heavy atom. The number of hydrogen-bond acceptors (Lipinski definition) is 5. The van der Waals surface area contributed by atoms with Crippen LogP contribution < -0.4 is 10.6 Å². The van der Waals surface area contributed by atoms with Crippen molar-refractivity contribution in [1.29, 1.82) is 0 Å². The van der Waals surface area contributed by atoms with Gasteiger partial charge in [-0.2, -0.15) is 11.8 Å². The molecule has 1 aromatic heterocycles. The van der Waals surface area contributed by atoms with E-state index in [2.05, 4.69) is 47.6 Å². The maximum Gasteiger partial charge on any atom is 0.134 e. The molecule has 1 rings (SSSR count).